The van der Waals surface area contributed by atoms with Gasteiger partial charge in [-0.2, -0.15) is 0 Å². The van der Waals surface area contributed by atoms with E-state index in [0.29, 0.717) is 18.5 Å². The number of hydrogen-bond acceptors (Lipinski definition) is 3. The van der Waals surface area contributed by atoms with E-state index in [1.54, 1.807) is 0 Å². The molecule has 86 valence electrons. The molecular formula is C10H18N2O2S. The van der Waals surface area contributed by atoms with Crippen LogP contribution in [0.5, 0.6) is 0 Å². The Morgan fingerprint density at radius 1 is 1.40 bits per heavy atom. The Labute approximate surface area is 91.2 Å². The lowest BCUT2D eigenvalue weighted by Crippen LogP contribution is -2.49. The van der Waals surface area contributed by atoms with Crippen LogP contribution in [-0.2, 0) is 10.0 Å². The van der Waals surface area contributed by atoms with Gasteiger partial charge in [-0.25, -0.2) is 13.1 Å². The van der Waals surface area contributed by atoms with Crippen LogP contribution >= 0.6 is 0 Å². The van der Waals surface area contributed by atoms with E-state index in [9.17, 15) is 8.42 Å². The summed E-state index contributed by atoms with van der Waals surface area (Å²) in [7, 11) is -3.03. The number of fused-ring (bicyclic) bond motifs is 1. The van der Waals surface area contributed by atoms with Crippen LogP contribution in [0.25, 0.3) is 0 Å². The van der Waals surface area contributed by atoms with Gasteiger partial charge in [-0.3, -0.25) is 0 Å². The van der Waals surface area contributed by atoms with Gasteiger partial charge >= 0.3 is 0 Å². The molecular weight excluding hydrogens is 212 g/mol. The van der Waals surface area contributed by atoms with Gasteiger partial charge in [0.1, 0.15) is 0 Å². The van der Waals surface area contributed by atoms with Crippen LogP contribution in [0.4, 0.5) is 0 Å². The molecule has 3 atom stereocenters. The summed E-state index contributed by atoms with van der Waals surface area (Å²) in [5.41, 5.74) is 0. The Bertz CT molecular complexity index is 350. The molecule has 0 bridgehead atoms. The largest absolute Gasteiger partial charge is 0.312 e. The molecule has 0 saturated heterocycles. The molecule has 15 heavy (non-hydrogen) atoms. The molecule has 1 fully saturated rings. The molecule has 0 aromatic heterocycles. The Kier molecular flexibility index (Phi) is 3.13. The number of nitrogens with one attached hydrogen (secondary N) is 2. The summed E-state index contributed by atoms with van der Waals surface area (Å²) in [5.74, 6) is 1.55. The highest BCUT2D eigenvalue weighted by Crippen LogP contribution is 2.42. The number of hydrogen-bond donors (Lipinski definition) is 2. The van der Waals surface area contributed by atoms with Crippen molar-refractivity contribution in [3.8, 4) is 0 Å². The average Bonchev–Trinajstić information content (AvgIpc) is 2.45. The van der Waals surface area contributed by atoms with Crippen LogP contribution < -0.4 is 10.0 Å². The molecule has 0 radical (unpaired) electrons. The first kappa shape index (κ1) is 11.1. The zero-order chi connectivity index (χ0) is 10.9. The highest BCUT2D eigenvalue weighted by atomic mass is 32.2. The Hall–Kier alpha value is -0.390. The lowest BCUT2D eigenvalue weighted by atomic mass is 9.71. The molecule has 0 amide bonds. The van der Waals surface area contributed by atoms with Gasteiger partial charge in [-0.1, -0.05) is 12.2 Å². The minimum Gasteiger partial charge on any atom is -0.312 e. The summed E-state index contributed by atoms with van der Waals surface area (Å²) in [6.07, 6.45) is 8.19. The molecule has 5 heteroatoms. The maximum absolute atomic E-state index is 10.8. The highest BCUT2D eigenvalue weighted by molar-refractivity contribution is 7.88. The minimum absolute atomic E-state index is 0.483. The lowest BCUT2D eigenvalue weighted by Gasteiger charge is -2.40. The fourth-order valence-electron chi connectivity index (χ4n) is 2.44. The normalized spacial score (nSPS) is 33.8. The van der Waals surface area contributed by atoms with Crippen molar-refractivity contribution in [2.75, 3.05) is 19.3 Å². The first-order valence-electron chi connectivity index (χ1n) is 5.41. The summed E-state index contributed by atoms with van der Waals surface area (Å²) in [5, 5.41) is 3.38. The van der Waals surface area contributed by atoms with Crippen molar-refractivity contribution < 1.29 is 8.42 Å². The fourth-order valence-corrected chi connectivity index (χ4v) is 2.91. The third-order valence-corrected chi connectivity index (χ3v) is 3.99. The number of sulfonamides is 1. The summed E-state index contributed by atoms with van der Waals surface area (Å²) in [4.78, 5) is 0. The van der Waals surface area contributed by atoms with Gasteiger partial charge < -0.3 is 5.32 Å². The Balaban J connectivity index is 1.61. The van der Waals surface area contributed by atoms with E-state index >= 15 is 0 Å². The molecule has 2 aliphatic rings. The van der Waals surface area contributed by atoms with Gasteiger partial charge in [0.25, 0.3) is 0 Å². The monoisotopic (exact) mass is 230 g/mol. The van der Waals surface area contributed by atoms with Crippen LogP contribution in [0.15, 0.2) is 12.2 Å². The second kappa shape index (κ2) is 4.23. The van der Waals surface area contributed by atoms with Crippen molar-refractivity contribution >= 4 is 10.0 Å². The fraction of sp³-hybridized carbons (Fsp3) is 0.800. The van der Waals surface area contributed by atoms with Gasteiger partial charge in [0.15, 0.2) is 0 Å². The summed E-state index contributed by atoms with van der Waals surface area (Å²) >= 11 is 0. The SMILES string of the molecule is CS(=O)(=O)NCCNC1CC2CC=CC21. The van der Waals surface area contributed by atoms with Crippen molar-refractivity contribution in [3.63, 3.8) is 0 Å². The molecule has 1 saturated carbocycles. The van der Waals surface area contributed by atoms with E-state index in [4.69, 9.17) is 0 Å². The van der Waals surface area contributed by atoms with Crippen molar-refractivity contribution in [1.82, 2.24) is 10.0 Å². The first-order valence-corrected chi connectivity index (χ1v) is 7.30. The van der Waals surface area contributed by atoms with E-state index < -0.39 is 10.0 Å². The van der Waals surface area contributed by atoms with E-state index in [2.05, 4.69) is 22.2 Å². The molecule has 2 N–H and O–H groups in total. The topological polar surface area (TPSA) is 58.2 Å². The van der Waals surface area contributed by atoms with E-state index in [1.807, 2.05) is 0 Å². The second-order valence-corrected chi connectivity index (χ2v) is 6.30. The predicted octanol–water partition coefficient (Wildman–Crippen LogP) is 0.0898. The zero-order valence-corrected chi connectivity index (χ0v) is 9.76. The third kappa shape index (κ3) is 2.80. The lowest BCUT2D eigenvalue weighted by molar-refractivity contribution is 0.165. The predicted molar refractivity (Wildman–Crippen MR) is 60.0 cm³/mol. The number of rotatable bonds is 5. The molecule has 0 aromatic rings. The maximum atomic E-state index is 10.8. The average molecular weight is 230 g/mol. The summed E-state index contributed by atoms with van der Waals surface area (Å²) < 4.78 is 24.1. The molecule has 4 nitrogen and oxygen atoms in total. The van der Waals surface area contributed by atoms with Gasteiger partial charge in [0, 0.05) is 19.1 Å². The van der Waals surface area contributed by atoms with Crippen LogP contribution in [0.3, 0.4) is 0 Å². The van der Waals surface area contributed by atoms with Gasteiger partial charge in [-0.05, 0) is 24.7 Å². The summed E-state index contributed by atoms with van der Waals surface area (Å²) in [6.45, 7) is 1.20. The van der Waals surface area contributed by atoms with Crippen molar-refractivity contribution in [1.29, 1.82) is 0 Å². The van der Waals surface area contributed by atoms with Crippen LogP contribution in [0, 0.1) is 11.8 Å². The second-order valence-electron chi connectivity index (χ2n) is 4.46. The van der Waals surface area contributed by atoms with E-state index in [-0.39, 0.29) is 0 Å². The standard InChI is InChI=1S/C10H18N2O2S/c1-15(13,14)12-6-5-11-10-7-8-3-2-4-9(8)10/h2,4,8-12H,3,5-7H2,1H3. The Morgan fingerprint density at radius 3 is 2.87 bits per heavy atom. The smallest absolute Gasteiger partial charge is 0.208 e. The van der Waals surface area contributed by atoms with Gasteiger partial charge in [0.2, 0.25) is 10.0 Å². The zero-order valence-electron chi connectivity index (χ0n) is 8.94. The van der Waals surface area contributed by atoms with Crippen molar-refractivity contribution in [2.24, 2.45) is 11.8 Å². The molecule has 0 aliphatic heterocycles. The van der Waals surface area contributed by atoms with E-state index in [0.717, 1.165) is 12.5 Å². The molecule has 2 aliphatic carbocycles. The summed E-state index contributed by atoms with van der Waals surface area (Å²) in [6, 6.07) is 0.565. The third-order valence-electron chi connectivity index (χ3n) is 3.26. The van der Waals surface area contributed by atoms with E-state index in [1.165, 1.54) is 19.1 Å². The molecule has 2 rings (SSSR count). The van der Waals surface area contributed by atoms with Crippen LogP contribution in [0.2, 0.25) is 0 Å². The Morgan fingerprint density at radius 2 is 2.20 bits per heavy atom. The van der Waals surface area contributed by atoms with Crippen LogP contribution in [-0.4, -0.2) is 33.8 Å². The quantitative estimate of drug-likeness (QED) is 0.520. The van der Waals surface area contributed by atoms with Crippen molar-refractivity contribution in [2.45, 2.75) is 18.9 Å². The molecule has 0 spiro atoms. The van der Waals surface area contributed by atoms with Gasteiger partial charge in [0.05, 0.1) is 6.26 Å². The maximum Gasteiger partial charge on any atom is 0.208 e. The highest BCUT2D eigenvalue weighted by Gasteiger charge is 2.40. The van der Waals surface area contributed by atoms with Crippen LogP contribution in [0.1, 0.15) is 12.8 Å². The van der Waals surface area contributed by atoms with Gasteiger partial charge in [-0.15, -0.1) is 0 Å². The minimum atomic E-state index is -3.03. The molecule has 3 unspecified atom stereocenters. The first-order chi connectivity index (χ1) is 7.06. The van der Waals surface area contributed by atoms with Crippen molar-refractivity contribution in [3.05, 3.63) is 12.2 Å². The molecule has 0 aromatic carbocycles. The number of allylic oxidation sites excluding steroid dienone is 1. The molecule has 0 heterocycles.